The maximum absolute atomic E-state index is 12.5. The molecule has 2 aliphatic heterocycles. The molecule has 0 spiro atoms. The quantitative estimate of drug-likeness (QED) is 0.451. The monoisotopic (exact) mass is 497 g/mol. The largest absolute Gasteiger partial charge is 0.493 e. The Morgan fingerprint density at radius 1 is 1.19 bits per heavy atom. The fourth-order valence-electron chi connectivity index (χ4n) is 3.15. The summed E-state index contributed by atoms with van der Waals surface area (Å²) in [4.78, 5) is 21.9. The summed E-state index contributed by atoms with van der Waals surface area (Å²) in [6.45, 7) is 2.40. The minimum atomic E-state index is -0.510. The minimum Gasteiger partial charge on any atom is -0.493 e. The number of ether oxygens (including phenoxy) is 3. The van der Waals surface area contributed by atoms with E-state index in [0.29, 0.717) is 46.3 Å². The van der Waals surface area contributed by atoms with Gasteiger partial charge >= 0.3 is 0 Å². The lowest BCUT2D eigenvalue weighted by Gasteiger charge is -2.23. The first-order valence-electron chi connectivity index (χ1n) is 9.74. The zero-order valence-electron chi connectivity index (χ0n) is 17.4. The lowest BCUT2D eigenvalue weighted by atomic mass is 10.1. The molecule has 0 aromatic heterocycles. The van der Waals surface area contributed by atoms with Crippen LogP contribution < -0.4 is 14.2 Å². The maximum atomic E-state index is 12.5. The van der Waals surface area contributed by atoms with Crippen LogP contribution in [-0.4, -0.2) is 43.0 Å². The van der Waals surface area contributed by atoms with E-state index in [1.54, 1.807) is 31.2 Å². The highest BCUT2D eigenvalue weighted by Crippen LogP contribution is 2.37. The summed E-state index contributed by atoms with van der Waals surface area (Å²) in [5.41, 5.74) is 0.743. The van der Waals surface area contributed by atoms with Gasteiger partial charge in [0.15, 0.2) is 23.2 Å². The maximum Gasteiger partial charge on any atom is 0.282 e. The van der Waals surface area contributed by atoms with E-state index in [4.69, 9.17) is 24.5 Å². The lowest BCUT2D eigenvalue weighted by molar-refractivity contribution is -0.114. The van der Waals surface area contributed by atoms with E-state index in [-0.39, 0.29) is 11.4 Å². The summed E-state index contributed by atoms with van der Waals surface area (Å²) in [5, 5.41) is 9.56. The van der Waals surface area contributed by atoms with Crippen LogP contribution in [0.3, 0.4) is 0 Å². The number of aliphatic imine (C=N–C) groups is 1. The average molecular weight is 498 g/mol. The third kappa shape index (κ3) is 4.52. The van der Waals surface area contributed by atoms with Crippen molar-refractivity contribution < 1.29 is 23.8 Å². The molecule has 1 N–H and O–H groups in total. The van der Waals surface area contributed by atoms with Crippen LogP contribution in [0, 0.1) is 5.41 Å². The lowest BCUT2D eigenvalue weighted by Crippen LogP contribution is -2.38. The Bertz CT molecular complexity index is 1160. The SMILES string of the molecule is COc1cc(/C=C2\C(=N)N3OC(C)=CC3=NC2=O)cc(Br)c1OCCOc1ccccc1. The third-order valence-corrected chi connectivity index (χ3v) is 5.17. The number of amidine groups is 2. The van der Waals surface area contributed by atoms with Crippen molar-refractivity contribution in [2.75, 3.05) is 20.3 Å². The van der Waals surface area contributed by atoms with E-state index in [2.05, 4.69) is 20.9 Å². The van der Waals surface area contributed by atoms with E-state index in [0.717, 1.165) is 5.75 Å². The highest BCUT2D eigenvalue weighted by Gasteiger charge is 2.34. The Balaban J connectivity index is 1.49. The number of hydroxylamine groups is 2. The number of hydrogen-bond acceptors (Lipinski definition) is 6. The van der Waals surface area contributed by atoms with Crippen molar-refractivity contribution in [3.8, 4) is 17.2 Å². The van der Waals surface area contributed by atoms with Crippen LogP contribution >= 0.6 is 15.9 Å². The number of benzene rings is 2. The van der Waals surface area contributed by atoms with Gasteiger partial charge in [-0.05, 0) is 58.8 Å². The summed E-state index contributed by atoms with van der Waals surface area (Å²) in [6, 6.07) is 13.0. The van der Waals surface area contributed by atoms with Gasteiger partial charge in [-0.1, -0.05) is 18.2 Å². The van der Waals surface area contributed by atoms with Crippen LogP contribution in [0.1, 0.15) is 12.5 Å². The van der Waals surface area contributed by atoms with E-state index < -0.39 is 5.91 Å². The number of rotatable bonds is 7. The van der Waals surface area contributed by atoms with Gasteiger partial charge in [0.2, 0.25) is 0 Å². The molecule has 8 nitrogen and oxygen atoms in total. The number of hydrogen-bond donors (Lipinski definition) is 1. The second kappa shape index (κ2) is 9.27. The van der Waals surface area contributed by atoms with E-state index in [1.165, 1.54) is 12.2 Å². The minimum absolute atomic E-state index is 0.0819. The Hall–Kier alpha value is -3.59. The van der Waals surface area contributed by atoms with Gasteiger partial charge < -0.3 is 19.0 Å². The van der Waals surface area contributed by atoms with E-state index in [1.807, 2.05) is 30.3 Å². The first-order valence-corrected chi connectivity index (χ1v) is 10.5. The first-order chi connectivity index (χ1) is 15.5. The van der Waals surface area contributed by atoms with Crippen molar-refractivity contribution in [2.24, 2.45) is 4.99 Å². The molecule has 0 atom stereocenters. The summed E-state index contributed by atoms with van der Waals surface area (Å²) in [7, 11) is 1.53. The van der Waals surface area contributed by atoms with Gasteiger partial charge in [0, 0.05) is 6.08 Å². The molecule has 2 aliphatic rings. The van der Waals surface area contributed by atoms with Gasteiger partial charge in [-0.25, -0.2) is 0 Å². The van der Waals surface area contributed by atoms with Crippen molar-refractivity contribution in [3.05, 3.63) is 69.9 Å². The number of halogens is 1. The summed E-state index contributed by atoms with van der Waals surface area (Å²) < 4.78 is 17.6. The molecule has 164 valence electrons. The van der Waals surface area contributed by atoms with Crippen LogP contribution in [0.25, 0.3) is 6.08 Å². The molecule has 2 aromatic rings. The van der Waals surface area contributed by atoms with Crippen LogP contribution in [0.5, 0.6) is 17.2 Å². The molecule has 0 aliphatic carbocycles. The van der Waals surface area contributed by atoms with Crippen molar-refractivity contribution in [1.29, 1.82) is 5.41 Å². The van der Waals surface area contributed by atoms with Gasteiger partial charge in [-0.3, -0.25) is 10.2 Å². The number of carbonyl (C=O) groups excluding carboxylic acids is 1. The molecule has 1 amide bonds. The van der Waals surface area contributed by atoms with Gasteiger partial charge in [0.1, 0.15) is 24.7 Å². The molecule has 0 bridgehead atoms. The Morgan fingerprint density at radius 2 is 1.94 bits per heavy atom. The molecule has 0 saturated carbocycles. The number of nitrogens with zero attached hydrogens (tertiary/aromatic N) is 2. The van der Waals surface area contributed by atoms with Crippen LogP contribution in [0.2, 0.25) is 0 Å². The number of carbonyl (C=O) groups is 1. The second-order valence-corrected chi connectivity index (χ2v) is 7.72. The number of para-hydroxylation sites is 1. The standard InChI is InChI=1S/C23H20BrN3O5/c1-14-10-20-26-23(28)17(22(25)27(20)32-14)11-15-12-18(24)21(19(13-15)29-2)31-9-8-30-16-6-4-3-5-7-16/h3-7,10-13,25H,8-9H2,1-2H3/b17-11+,25-22?. The number of methoxy groups -OCH3 is 1. The normalized spacial score (nSPS) is 16.3. The molecule has 32 heavy (non-hydrogen) atoms. The average Bonchev–Trinajstić information content (AvgIpc) is 3.15. The van der Waals surface area contributed by atoms with E-state index >= 15 is 0 Å². The van der Waals surface area contributed by atoms with E-state index in [9.17, 15) is 4.79 Å². The molecule has 0 radical (unpaired) electrons. The number of amides is 1. The van der Waals surface area contributed by atoms with Gasteiger partial charge in [-0.15, -0.1) is 5.06 Å². The third-order valence-electron chi connectivity index (χ3n) is 4.58. The smallest absolute Gasteiger partial charge is 0.282 e. The molecule has 2 heterocycles. The molecule has 0 unspecified atom stereocenters. The zero-order chi connectivity index (χ0) is 22.7. The number of allylic oxidation sites excluding steroid dienone is 1. The summed E-state index contributed by atoms with van der Waals surface area (Å²) >= 11 is 3.50. The molecular formula is C23H20BrN3O5. The predicted molar refractivity (Wildman–Crippen MR) is 123 cm³/mol. The van der Waals surface area contributed by atoms with Crippen molar-refractivity contribution >= 4 is 39.6 Å². The van der Waals surface area contributed by atoms with Crippen LogP contribution in [-0.2, 0) is 9.63 Å². The summed E-state index contributed by atoms with van der Waals surface area (Å²) in [5.74, 6) is 2.02. The molecule has 9 heteroatoms. The van der Waals surface area contributed by atoms with Gasteiger partial charge in [0.05, 0.1) is 17.2 Å². The van der Waals surface area contributed by atoms with Crippen molar-refractivity contribution in [3.63, 3.8) is 0 Å². The Kier molecular flexibility index (Phi) is 6.27. The highest BCUT2D eigenvalue weighted by atomic mass is 79.9. The molecular weight excluding hydrogens is 478 g/mol. The Morgan fingerprint density at radius 3 is 2.69 bits per heavy atom. The fraction of sp³-hybridized carbons (Fsp3) is 0.174. The number of nitrogens with one attached hydrogen (secondary N) is 1. The molecule has 2 aromatic carbocycles. The number of fused-ring (bicyclic) bond motifs is 1. The summed E-state index contributed by atoms with van der Waals surface area (Å²) in [6.07, 6.45) is 3.17. The Labute approximate surface area is 193 Å². The molecule has 0 saturated heterocycles. The van der Waals surface area contributed by atoms with Crippen molar-refractivity contribution in [1.82, 2.24) is 5.06 Å². The first kappa shape index (κ1) is 21.6. The predicted octanol–water partition coefficient (Wildman–Crippen LogP) is 4.37. The molecule has 0 fully saturated rings. The second-order valence-electron chi connectivity index (χ2n) is 6.87. The molecule has 4 rings (SSSR count). The van der Waals surface area contributed by atoms with Gasteiger partial charge in [-0.2, -0.15) is 4.99 Å². The van der Waals surface area contributed by atoms with Crippen LogP contribution in [0.15, 0.2) is 69.3 Å². The topological polar surface area (TPSA) is 93.4 Å². The highest BCUT2D eigenvalue weighted by molar-refractivity contribution is 9.10. The van der Waals surface area contributed by atoms with Crippen LogP contribution in [0.4, 0.5) is 0 Å². The van der Waals surface area contributed by atoms with Crippen molar-refractivity contribution in [2.45, 2.75) is 6.92 Å². The fourth-order valence-corrected chi connectivity index (χ4v) is 3.72. The zero-order valence-corrected chi connectivity index (χ0v) is 19.0. The van der Waals surface area contributed by atoms with Gasteiger partial charge in [0.25, 0.3) is 5.91 Å².